The van der Waals surface area contributed by atoms with Gasteiger partial charge in [-0.1, -0.05) is 31.4 Å². The molecule has 0 bridgehead atoms. The summed E-state index contributed by atoms with van der Waals surface area (Å²) in [4.78, 5) is 14.7. The number of piperidine rings is 1. The smallest absolute Gasteiger partial charge is 0.315 e. The number of sulfonamides is 1. The van der Waals surface area contributed by atoms with Gasteiger partial charge in [0.1, 0.15) is 11.5 Å². The lowest BCUT2D eigenvalue weighted by Crippen LogP contribution is -2.51. The third-order valence-electron chi connectivity index (χ3n) is 7.01. The summed E-state index contributed by atoms with van der Waals surface area (Å²) in [7, 11) is -3.31. The van der Waals surface area contributed by atoms with Gasteiger partial charge < -0.3 is 20.5 Å². The van der Waals surface area contributed by atoms with Crippen LogP contribution in [0, 0.1) is 0 Å². The van der Waals surface area contributed by atoms with E-state index in [2.05, 4.69) is 20.3 Å². The zero-order valence-electron chi connectivity index (χ0n) is 21.8. The minimum Gasteiger partial charge on any atom is -0.457 e. The molecule has 1 saturated carbocycles. The molecule has 2 aromatic rings. The molecule has 1 heterocycles. The summed E-state index contributed by atoms with van der Waals surface area (Å²) in [6, 6.07) is 14.7. The normalized spacial score (nSPS) is 18.2. The lowest BCUT2D eigenvalue weighted by molar-refractivity contribution is 0.00706. The van der Waals surface area contributed by atoms with Crippen molar-refractivity contribution in [3.8, 4) is 11.5 Å². The number of carbonyl (C=O) groups excluding carboxylic acids is 1. The molecule has 0 atom stereocenters. The zero-order chi connectivity index (χ0) is 26.3. The van der Waals surface area contributed by atoms with Gasteiger partial charge in [0, 0.05) is 37.9 Å². The number of halogens is 1. The number of nitrogens with one attached hydrogen (secondary N) is 3. The van der Waals surface area contributed by atoms with Gasteiger partial charge in [0.15, 0.2) is 0 Å². The van der Waals surface area contributed by atoms with Gasteiger partial charge in [0.2, 0.25) is 10.0 Å². The number of hydrogen-bond donors (Lipinski definition) is 4. The van der Waals surface area contributed by atoms with Crippen LogP contribution in [0.25, 0.3) is 0 Å². The van der Waals surface area contributed by atoms with E-state index in [1.807, 2.05) is 24.3 Å². The molecule has 9 nitrogen and oxygen atoms in total. The highest BCUT2D eigenvalue weighted by molar-refractivity contribution is 7.92. The predicted octanol–water partition coefficient (Wildman–Crippen LogP) is 4.23. The maximum Gasteiger partial charge on any atom is 0.315 e. The highest BCUT2D eigenvalue weighted by Gasteiger charge is 2.30. The van der Waals surface area contributed by atoms with Crippen molar-refractivity contribution < 1.29 is 23.1 Å². The molecule has 1 saturated heterocycles. The van der Waals surface area contributed by atoms with Crippen molar-refractivity contribution in [3.05, 3.63) is 54.1 Å². The Morgan fingerprint density at radius 3 is 2.16 bits per heavy atom. The summed E-state index contributed by atoms with van der Waals surface area (Å²) in [6.07, 6.45) is 7.62. The number of carbonyl (C=O) groups is 1. The molecule has 38 heavy (non-hydrogen) atoms. The third-order valence-corrected chi connectivity index (χ3v) is 7.61. The number of benzene rings is 2. The summed E-state index contributed by atoms with van der Waals surface area (Å²) >= 11 is 0. The first kappa shape index (κ1) is 30.0. The van der Waals surface area contributed by atoms with Crippen molar-refractivity contribution in [2.24, 2.45) is 0 Å². The van der Waals surface area contributed by atoms with Gasteiger partial charge >= 0.3 is 6.03 Å². The molecule has 0 radical (unpaired) electrons. The fourth-order valence-electron chi connectivity index (χ4n) is 4.97. The first-order valence-corrected chi connectivity index (χ1v) is 14.9. The van der Waals surface area contributed by atoms with Crippen molar-refractivity contribution in [1.29, 1.82) is 0 Å². The molecule has 1 aliphatic heterocycles. The fourth-order valence-corrected chi connectivity index (χ4v) is 5.53. The molecule has 11 heteroatoms. The number of urea groups is 1. The molecule has 2 aliphatic rings. The summed E-state index contributed by atoms with van der Waals surface area (Å²) < 4.78 is 30.9. The topological polar surface area (TPSA) is 120 Å². The highest BCUT2D eigenvalue weighted by atomic mass is 35.5. The number of likely N-dealkylation sites (tertiary alicyclic amines) is 1. The molecule has 2 aromatic carbocycles. The number of amides is 2. The summed E-state index contributed by atoms with van der Waals surface area (Å²) in [5.41, 5.74) is 0.925. The van der Waals surface area contributed by atoms with E-state index in [4.69, 9.17) is 4.74 Å². The Hall–Kier alpha value is -2.53. The number of hydrogen-bond acceptors (Lipinski definition) is 6. The average molecular weight is 567 g/mol. The van der Waals surface area contributed by atoms with Gasteiger partial charge in [-0.2, -0.15) is 0 Å². The predicted molar refractivity (Wildman–Crippen MR) is 152 cm³/mol. The van der Waals surface area contributed by atoms with Crippen LogP contribution in [0.3, 0.4) is 0 Å². The Bertz CT molecular complexity index is 1130. The van der Waals surface area contributed by atoms with E-state index in [0.717, 1.165) is 70.8 Å². The molecule has 2 amide bonds. The SMILES string of the molecule is CS(=O)(=O)Nc1ccc(Oc2ccc(CN3CCC(NC(=O)NCC4(O)CCCCC4)CC3)cc2)cc1.Cl. The number of aliphatic hydroxyl groups is 1. The molecular formula is C27H39ClN4O5S. The van der Waals surface area contributed by atoms with Crippen LogP contribution in [0.1, 0.15) is 50.5 Å². The average Bonchev–Trinajstić information content (AvgIpc) is 2.86. The zero-order valence-corrected chi connectivity index (χ0v) is 23.5. The molecule has 2 fully saturated rings. The van der Waals surface area contributed by atoms with Crippen LogP contribution < -0.4 is 20.1 Å². The van der Waals surface area contributed by atoms with Crippen LogP contribution in [-0.4, -0.2) is 62.0 Å². The minimum atomic E-state index is -3.31. The van der Waals surface area contributed by atoms with Crippen LogP contribution >= 0.6 is 12.4 Å². The largest absolute Gasteiger partial charge is 0.457 e. The monoisotopic (exact) mass is 566 g/mol. The Labute approximate surface area is 231 Å². The summed E-state index contributed by atoms with van der Waals surface area (Å²) in [5.74, 6) is 1.33. The first-order chi connectivity index (χ1) is 17.7. The van der Waals surface area contributed by atoms with Crippen LogP contribution in [0.15, 0.2) is 48.5 Å². The number of anilines is 1. The lowest BCUT2D eigenvalue weighted by atomic mass is 9.85. The molecule has 4 N–H and O–H groups in total. The second kappa shape index (κ2) is 13.5. The Balaban J connectivity index is 0.00000400. The Morgan fingerprint density at radius 2 is 1.58 bits per heavy atom. The third kappa shape index (κ3) is 9.65. The molecular weight excluding hydrogens is 528 g/mol. The standard InChI is InChI=1S/C27H38N4O5S.ClH/c1-37(34,35)30-23-7-11-25(12-8-23)36-24-9-5-21(6-10-24)19-31-17-13-22(14-18-31)29-26(32)28-20-27(33)15-3-2-4-16-27;/h5-12,22,30,33H,2-4,13-20H2,1H3,(H2,28,29,32);1H. The quantitative estimate of drug-likeness (QED) is 0.360. The second-order valence-corrected chi connectivity index (χ2v) is 12.1. The number of rotatable bonds is 9. The van der Waals surface area contributed by atoms with Gasteiger partial charge in [0.05, 0.1) is 11.9 Å². The van der Waals surface area contributed by atoms with Crippen molar-refractivity contribution in [1.82, 2.24) is 15.5 Å². The van der Waals surface area contributed by atoms with E-state index >= 15 is 0 Å². The van der Waals surface area contributed by atoms with Gasteiger partial charge in [-0.15, -0.1) is 12.4 Å². The van der Waals surface area contributed by atoms with Crippen LogP contribution in [0.4, 0.5) is 10.5 Å². The second-order valence-electron chi connectivity index (χ2n) is 10.3. The molecule has 0 aromatic heterocycles. The lowest BCUT2D eigenvalue weighted by Gasteiger charge is -2.34. The van der Waals surface area contributed by atoms with Gasteiger partial charge in [-0.25, -0.2) is 13.2 Å². The first-order valence-electron chi connectivity index (χ1n) is 13.0. The molecule has 210 valence electrons. The van der Waals surface area contributed by atoms with E-state index in [0.29, 0.717) is 23.7 Å². The Kier molecular flexibility index (Phi) is 10.7. The maximum absolute atomic E-state index is 12.3. The summed E-state index contributed by atoms with van der Waals surface area (Å²) in [6.45, 7) is 2.96. The van der Waals surface area contributed by atoms with Crippen molar-refractivity contribution >= 4 is 34.1 Å². The summed E-state index contributed by atoms with van der Waals surface area (Å²) in [5, 5.41) is 16.5. The van der Waals surface area contributed by atoms with Crippen LogP contribution in [0.2, 0.25) is 0 Å². The highest BCUT2D eigenvalue weighted by Crippen LogP contribution is 2.27. The van der Waals surface area contributed by atoms with Gasteiger partial charge in [-0.05, 0) is 67.6 Å². The number of nitrogens with zero attached hydrogens (tertiary/aromatic N) is 1. The van der Waals surface area contributed by atoms with Crippen LogP contribution in [-0.2, 0) is 16.6 Å². The van der Waals surface area contributed by atoms with Crippen molar-refractivity contribution in [3.63, 3.8) is 0 Å². The van der Waals surface area contributed by atoms with Crippen molar-refractivity contribution in [2.45, 2.75) is 63.1 Å². The molecule has 0 spiro atoms. The minimum absolute atomic E-state index is 0. The van der Waals surface area contributed by atoms with Crippen LogP contribution in [0.5, 0.6) is 11.5 Å². The molecule has 0 unspecified atom stereocenters. The van der Waals surface area contributed by atoms with E-state index in [-0.39, 0.29) is 24.5 Å². The van der Waals surface area contributed by atoms with Crippen molar-refractivity contribution in [2.75, 3.05) is 30.6 Å². The fraction of sp³-hybridized carbons (Fsp3) is 0.519. The molecule has 4 rings (SSSR count). The van der Waals surface area contributed by atoms with E-state index in [9.17, 15) is 18.3 Å². The van der Waals surface area contributed by atoms with E-state index in [1.165, 1.54) is 5.56 Å². The van der Waals surface area contributed by atoms with E-state index < -0.39 is 15.6 Å². The van der Waals surface area contributed by atoms with Gasteiger partial charge in [-0.3, -0.25) is 9.62 Å². The molecule has 1 aliphatic carbocycles. The Morgan fingerprint density at radius 1 is 1.00 bits per heavy atom. The van der Waals surface area contributed by atoms with Gasteiger partial charge in [0.25, 0.3) is 0 Å². The van der Waals surface area contributed by atoms with E-state index in [1.54, 1.807) is 24.3 Å². The number of ether oxygens (including phenoxy) is 1. The maximum atomic E-state index is 12.3.